The highest BCUT2D eigenvalue weighted by atomic mass is 32.2. The van der Waals surface area contributed by atoms with E-state index in [1.807, 2.05) is 35.9 Å². The number of anilines is 2. The lowest BCUT2D eigenvalue weighted by atomic mass is 10.1. The van der Waals surface area contributed by atoms with Crippen molar-refractivity contribution in [3.8, 4) is 0 Å². The molecular formula is C17H17N3O3S. The molecule has 1 aromatic heterocycles. The molecule has 0 unspecified atom stereocenters. The summed E-state index contributed by atoms with van der Waals surface area (Å²) >= 11 is 0. The van der Waals surface area contributed by atoms with Crippen LogP contribution >= 0.6 is 0 Å². The van der Waals surface area contributed by atoms with Crippen molar-refractivity contribution < 1.29 is 13.2 Å². The van der Waals surface area contributed by atoms with Gasteiger partial charge in [0.1, 0.15) is 0 Å². The predicted octanol–water partition coefficient (Wildman–Crippen LogP) is 2.80. The number of para-hydroxylation sites is 1. The van der Waals surface area contributed by atoms with E-state index in [1.165, 1.54) is 0 Å². The number of rotatable bonds is 4. The minimum absolute atomic E-state index is 0.212. The molecule has 3 aromatic rings. The quantitative estimate of drug-likeness (QED) is 0.764. The van der Waals surface area contributed by atoms with Crippen molar-refractivity contribution in [1.82, 2.24) is 4.57 Å². The highest BCUT2D eigenvalue weighted by molar-refractivity contribution is 7.92. The van der Waals surface area contributed by atoms with Gasteiger partial charge in [0, 0.05) is 35.5 Å². The maximum atomic E-state index is 12.5. The number of hydrogen-bond acceptors (Lipinski definition) is 3. The van der Waals surface area contributed by atoms with Crippen molar-refractivity contribution in [2.75, 3.05) is 16.3 Å². The molecule has 0 aliphatic heterocycles. The Bertz CT molecular complexity index is 1010. The van der Waals surface area contributed by atoms with E-state index < -0.39 is 10.0 Å². The Morgan fingerprint density at radius 3 is 2.29 bits per heavy atom. The van der Waals surface area contributed by atoms with Crippen LogP contribution in [0.5, 0.6) is 0 Å². The number of benzene rings is 2. The lowest BCUT2D eigenvalue weighted by Gasteiger charge is -2.07. The van der Waals surface area contributed by atoms with Crippen LogP contribution in [-0.2, 0) is 17.1 Å². The van der Waals surface area contributed by atoms with Crippen LogP contribution in [0, 0.1) is 0 Å². The number of nitrogens with zero attached hydrogens (tertiary/aromatic N) is 1. The maximum absolute atomic E-state index is 12.5. The van der Waals surface area contributed by atoms with Gasteiger partial charge in [-0.05, 0) is 30.3 Å². The van der Waals surface area contributed by atoms with Crippen LogP contribution in [-0.4, -0.2) is 25.1 Å². The topological polar surface area (TPSA) is 80.2 Å². The molecule has 0 fully saturated rings. The molecule has 2 N–H and O–H groups in total. The van der Waals surface area contributed by atoms with Crippen LogP contribution in [0.2, 0.25) is 0 Å². The molecule has 0 atom stereocenters. The molecule has 1 amide bonds. The lowest BCUT2D eigenvalue weighted by molar-refractivity contribution is 0.102. The molecular weight excluding hydrogens is 326 g/mol. The Hall–Kier alpha value is -2.80. The molecule has 0 saturated heterocycles. The molecule has 0 aliphatic rings. The summed E-state index contributed by atoms with van der Waals surface area (Å²) in [5, 5.41) is 3.71. The molecule has 0 aliphatic carbocycles. The van der Waals surface area contributed by atoms with Crippen LogP contribution in [0.1, 0.15) is 10.4 Å². The third-order valence-corrected chi connectivity index (χ3v) is 4.19. The molecule has 0 spiro atoms. The smallest absolute Gasteiger partial charge is 0.257 e. The van der Waals surface area contributed by atoms with E-state index in [2.05, 4.69) is 10.0 Å². The number of amides is 1. The number of hydrogen-bond donors (Lipinski definition) is 2. The standard InChI is InChI=1S/C17H17N3O3S/c1-20-11-15(14-5-3-4-6-16(14)20)17(21)18-12-7-9-13(10-8-12)19-24(2,22)23/h3-11,19H,1-2H3,(H,18,21). The van der Waals surface area contributed by atoms with Gasteiger partial charge in [-0.1, -0.05) is 18.2 Å². The first-order valence-corrected chi connectivity index (χ1v) is 9.16. The first-order valence-electron chi connectivity index (χ1n) is 7.27. The highest BCUT2D eigenvalue weighted by Gasteiger charge is 2.13. The summed E-state index contributed by atoms with van der Waals surface area (Å²) < 4.78 is 26.7. The van der Waals surface area contributed by atoms with E-state index in [9.17, 15) is 13.2 Å². The maximum Gasteiger partial charge on any atom is 0.257 e. The van der Waals surface area contributed by atoms with Crippen molar-refractivity contribution in [1.29, 1.82) is 0 Å². The predicted molar refractivity (Wildman–Crippen MR) is 95.8 cm³/mol. The summed E-state index contributed by atoms with van der Waals surface area (Å²) in [6.07, 6.45) is 2.88. The van der Waals surface area contributed by atoms with Crippen molar-refractivity contribution in [2.45, 2.75) is 0 Å². The molecule has 0 bridgehead atoms. The van der Waals surface area contributed by atoms with Crippen molar-refractivity contribution in [3.63, 3.8) is 0 Å². The van der Waals surface area contributed by atoms with Gasteiger partial charge in [-0.25, -0.2) is 8.42 Å². The second-order valence-electron chi connectivity index (χ2n) is 5.58. The number of aromatic nitrogens is 1. The molecule has 0 saturated carbocycles. The Morgan fingerprint density at radius 2 is 1.62 bits per heavy atom. The minimum Gasteiger partial charge on any atom is -0.350 e. The fourth-order valence-corrected chi connectivity index (χ4v) is 3.12. The molecule has 7 heteroatoms. The Balaban J connectivity index is 1.81. The van der Waals surface area contributed by atoms with E-state index >= 15 is 0 Å². The average molecular weight is 343 g/mol. The van der Waals surface area contributed by atoms with Crippen LogP contribution in [0.25, 0.3) is 10.9 Å². The summed E-state index contributed by atoms with van der Waals surface area (Å²) in [5.74, 6) is -0.212. The number of aryl methyl sites for hydroxylation is 1. The Labute approximate surface area is 140 Å². The largest absolute Gasteiger partial charge is 0.350 e. The van der Waals surface area contributed by atoms with Gasteiger partial charge in [0.05, 0.1) is 11.8 Å². The molecule has 6 nitrogen and oxygen atoms in total. The third kappa shape index (κ3) is 3.41. The van der Waals surface area contributed by atoms with Gasteiger partial charge < -0.3 is 9.88 Å². The molecule has 0 radical (unpaired) electrons. The van der Waals surface area contributed by atoms with Crippen LogP contribution < -0.4 is 10.0 Å². The van der Waals surface area contributed by atoms with Gasteiger partial charge >= 0.3 is 0 Å². The molecule has 124 valence electrons. The molecule has 1 heterocycles. The lowest BCUT2D eigenvalue weighted by Crippen LogP contribution is -2.12. The number of sulfonamides is 1. The van der Waals surface area contributed by atoms with Crippen molar-refractivity contribution >= 4 is 38.2 Å². The van der Waals surface area contributed by atoms with E-state index in [1.54, 1.807) is 30.5 Å². The number of carbonyl (C=O) groups excluding carboxylic acids is 1. The summed E-state index contributed by atoms with van der Waals surface area (Å²) in [4.78, 5) is 12.5. The Morgan fingerprint density at radius 1 is 1.00 bits per heavy atom. The van der Waals surface area contributed by atoms with Crippen LogP contribution in [0.4, 0.5) is 11.4 Å². The zero-order valence-electron chi connectivity index (χ0n) is 13.3. The van der Waals surface area contributed by atoms with Gasteiger partial charge in [-0.15, -0.1) is 0 Å². The SMILES string of the molecule is Cn1cc(C(=O)Nc2ccc(NS(C)(=O)=O)cc2)c2ccccc21. The number of fused-ring (bicyclic) bond motifs is 1. The van der Waals surface area contributed by atoms with Gasteiger partial charge in [0.2, 0.25) is 10.0 Å². The van der Waals surface area contributed by atoms with Crippen molar-refractivity contribution in [2.24, 2.45) is 7.05 Å². The first kappa shape index (κ1) is 16.1. The van der Waals surface area contributed by atoms with Gasteiger partial charge in [-0.3, -0.25) is 9.52 Å². The van der Waals surface area contributed by atoms with E-state index in [0.717, 1.165) is 17.2 Å². The summed E-state index contributed by atoms with van der Waals surface area (Å²) in [6.45, 7) is 0. The summed E-state index contributed by atoms with van der Waals surface area (Å²) in [6, 6.07) is 14.2. The first-order chi connectivity index (χ1) is 11.3. The average Bonchev–Trinajstić information content (AvgIpc) is 2.86. The monoisotopic (exact) mass is 343 g/mol. The van der Waals surface area contributed by atoms with Crippen LogP contribution in [0.15, 0.2) is 54.7 Å². The number of nitrogens with one attached hydrogen (secondary N) is 2. The van der Waals surface area contributed by atoms with Crippen LogP contribution in [0.3, 0.4) is 0 Å². The fraction of sp³-hybridized carbons (Fsp3) is 0.118. The second kappa shape index (κ2) is 6.01. The zero-order valence-corrected chi connectivity index (χ0v) is 14.1. The van der Waals surface area contributed by atoms with Crippen molar-refractivity contribution in [3.05, 3.63) is 60.3 Å². The molecule has 2 aromatic carbocycles. The van der Waals surface area contributed by atoms with Gasteiger partial charge in [0.15, 0.2) is 0 Å². The fourth-order valence-electron chi connectivity index (χ4n) is 2.56. The normalized spacial score (nSPS) is 11.4. The third-order valence-electron chi connectivity index (χ3n) is 3.59. The van der Waals surface area contributed by atoms with E-state index in [0.29, 0.717) is 16.9 Å². The summed E-state index contributed by atoms with van der Waals surface area (Å²) in [7, 11) is -1.42. The molecule has 24 heavy (non-hydrogen) atoms. The van der Waals surface area contributed by atoms with E-state index in [-0.39, 0.29) is 5.91 Å². The van der Waals surface area contributed by atoms with Gasteiger partial charge in [-0.2, -0.15) is 0 Å². The second-order valence-corrected chi connectivity index (χ2v) is 7.32. The minimum atomic E-state index is -3.32. The number of carbonyl (C=O) groups is 1. The summed E-state index contributed by atoms with van der Waals surface area (Å²) in [5.41, 5.74) is 2.61. The van der Waals surface area contributed by atoms with Gasteiger partial charge in [0.25, 0.3) is 5.91 Å². The van der Waals surface area contributed by atoms with E-state index in [4.69, 9.17) is 0 Å². The molecule has 3 rings (SSSR count). The zero-order chi connectivity index (χ0) is 17.3. The highest BCUT2D eigenvalue weighted by Crippen LogP contribution is 2.22. The Kier molecular flexibility index (Phi) is 4.02.